The molecule has 5 rings (SSSR count). The number of aromatic nitrogens is 4. The lowest BCUT2D eigenvalue weighted by Gasteiger charge is -2.40. The summed E-state index contributed by atoms with van der Waals surface area (Å²) in [5.41, 5.74) is 2.78. The fourth-order valence-corrected chi connectivity index (χ4v) is 4.60. The van der Waals surface area contributed by atoms with E-state index >= 15 is 0 Å². The van der Waals surface area contributed by atoms with Gasteiger partial charge in [-0.05, 0) is 34.2 Å². The smallest absolute Gasteiger partial charge is 0.173 e. The maximum atomic E-state index is 14.4. The Kier molecular flexibility index (Phi) is 6.49. The van der Waals surface area contributed by atoms with Crippen molar-refractivity contribution >= 4 is 5.69 Å². The standard InChI is InChI=1S/C26H27FN6O/c1-34-24-14-8-5-11-21(24)25(26-28-29-30-33(26)19-20-9-3-2-4-10-20)32-17-15-31(16-18-32)23-13-7-6-12-22(23)27/h2-14,25H,15-19H2,1H3/t25-/m1/s1. The van der Waals surface area contributed by atoms with Gasteiger partial charge in [0.25, 0.3) is 0 Å². The number of ether oxygens (including phenoxy) is 1. The minimum atomic E-state index is -0.197. The number of hydrogen-bond donors (Lipinski definition) is 0. The third-order valence-corrected chi connectivity index (χ3v) is 6.29. The monoisotopic (exact) mass is 458 g/mol. The first kappa shape index (κ1) is 22.0. The number of benzene rings is 3. The molecule has 0 radical (unpaired) electrons. The van der Waals surface area contributed by atoms with E-state index in [1.807, 2.05) is 53.2 Å². The minimum absolute atomic E-state index is 0.191. The molecular formula is C26H27FN6O. The lowest BCUT2D eigenvalue weighted by Crippen LogP contribution is -2.48. The van der Waals surface area contributed by atoms with Crippen LogP contribution in [0.2, 0.25) is 0 Å². The number of hydrogen-bond acceptors (Lipinski definition) is 6. The van der Waals surface area contributed by atoms with Gasteiger partial charge in [-0.1, -0.05) is 60.7 Å². The number of nitrogens with zero attached hydrogens (tertiary/aromatic N) is 6. The Labute approximate surface area is 198 Å². The molecule has 0 N–H and O–H groups in total. The van der Waals surface area contributed by atoms with Crippen LogP contribution in [0.5, 0.6) is 5.75 Å². The number of methoxy groups -OCH3 is 1. The Morgan fingerprint density at radius 3 is 2.35 bits per heavy atom. The lowest BCUT2D eigenvalue weighted by atomic mass is 10.0. The Morgan fingerprint density at radius 1 is 0.882 bits per heavy atom. The fraction of sp³-hybridized carbons (Fsp3) is 0.269. The molecule has 0 saturated carbocycles. The van der Waals surface area contributed by atoms with Gasteiger partial charge in [0.1, 0.15) is 17.6 Å². The van der Waals surface area contributed by atoms with E-state index in [1.54, 1.807) is 13.2 Å². The molecule has 2 heterocycles. The van der Waals surface area contributed by atoms with Gasteiger partial charge in [-0.25, -0.2) is 9.07 Å². The zero-order valence-corrected chi connectivity index (χ0v) is 19.1. The molecule has 7 nitrogen and oxygen atoms in total. The third kappa shape index (κ3) is 4.49. The van der Waals surface area contributed by atoms with Crippen LogP contribution < -0.4 is 9.64 Å². The van der Waals surface area contributed by atoms with Crippen LogP contribution in [0.4, 0.5) is 10.1 Å². The molecule has 0 unspecified atom stereocenters. The highest BCUT2D eigenvalue weighted by Crippen LogP contribution is 2.35. The number of tetrazole rings is 1. The summed E-state index contributed by atoms with van der Waals surface area (Å²) in [6.07, 6.45) is 0. The molecule has 34 heavy (non-hydrogen) atoms. The Hall–Kier alpha value is -3.78. The molecule has 4 aromatic rings. The zero-order valence-electron chi connectivity index (χ0n) is 19.1. The van der Waals surface area contributed by atoms with Crippen molar-refractivity contribution in [1.29, 1.82) is 0 Å². The number of rotatable bonds is 7. The largest absolute Gasteiger partial charge is 0.496 e. The van der Waals surface area contributed by atoms with Gasteiger partial charge in [0.05, 0.1) is 19.3 Å². The molecule has 174 valence electrons. The van der Waals surface area contributed by atoms with E-state index in [4.69, 9.17) is 4.74 Å². The second kappa shape index (κ2) is 10.0. The van der Waals surface area contributed by atoms with E-state index in [0.29, 0.717) is 25.3 Å². The van der Waals surface area contributed by atoms with Crippen LogP contribution in [-0.2, 0) is 6.54 Å². The highest BCUT2D eigenvalue weighted by atomic mass is 19.1. The quantitative estimate of drug-likeness (QED) is 0.420. The van der Waals surface area contributed by atoms with Crippen LogP contribution in [0.1, 0.15) is 23.0 Å². The SMILES string of the molecule is COc1ccccc1[C@H](c1nnnn1Cc1ccccc1)N1CCN(c2ccccc2F)CC1. The summed E-state index contributed by atoms with van der Waals surface area (Å²) < 4.78 is 21.9. The molecule has 1 aliphatic rings. The molecule has 1 fully saturated rings. The van der Waals surface area contributed by atoms with Crippen molar-refractivity contribution in [3.05, 3.63) is 102 Å². The van der Waals surface area contributed by atoms with Gasteiger partial charge in [-0.3, -0.25) is 4.90 Å². The van der Waals surface area contributed by atoms with Crippen molar-refractivity contribution in [2.45, 2.75) is 12.6 Å². The number of anilines is 1. The maximum Gasteiger partial charge on any atom is 0.173 e. The molecule has 1 aliphatic heterocycles. The normalized spacial score (nSPS) is 15.3. The van der Waals surface area contributed by atoms with Crippen LogP contribution in [-0.4, -0.2) is 58.4 Å². The molecule has 0 bridgehead atoms. The summed E-state index contributed by atoms with van der Waals surface area (Å²) >= 11 is 0. The second-order valence-electron chi connectivity index (χ2n) is 8.30. The first-order chi connectivity index (χ1) is 16.7. The minimum Gasteiger partial charge on any atom is -0.496 e. The highest BCUT2D eigenvalue weighted by Gasteiger charge is 2.33. The molecular weight excluding hydrogens is 431 g/mol. The summed E-state index contributed by atoms with van der Waals surface area (Å²) in [6, 6.07) is 24.9. The first-order valence-electron chi connectivity index (χ1n) is 11.4. The van der Waals surface area contributed by atoms with Crippen molar-refractivity contribution in [2.75, 3.05) is 38.2 Å². The molecule has 0 spiro atoms. The van der Waals surface area contributed by atoms with Crippen molar-refractivity contribution < 1.29 is 9.13 Å². The van der Waals surface area contributed by atoms with Crippen molar-refractivity contribution in [3.63, 3.8) is 0 Å². The highest BCUT2D eigenvalue weighted by molar-refractivity contribution is 5.48. The van der Waals surface area contributed by atoms with Gasteiger partial charge in [0.15, 0.2) is 5.82 Å². The summed E-state index contributed by atoms with van der Waals surface area (Å²) in [5.74, 6) is 1.36. The van der Waals surface area contributed by atoms with Gasteiger partial charge >= 0.3 is 0 Å². The van der Waals surface area contributed by atoms with Crippen LogP contribution >= 0.6 is 0 Å². The summed E-state index contributed by atoms with van der Waals surface area (Å²) in [6.45, 7) is 3.44. The average Bonchev–Trinajstić information content (AvgIpc) is 3.33. The molecule has 1 saturated heterocycles. The Bertz CT molecular complexity index is 1220. The lowest BCUT2D eigenvalue weighted by molar-refractivity contribution is 0.197. The predicted molar refractivity (Wildman–Crippen MR) is 128 cm³/mol. The Morgan fingerprint density at radius 2 is 1.59 bits per heavy atom. The number of piperazine rings is 1. The van der Waals surface area contributed by atoms with E-state index in [1.165, 1.54) is 6.07 Å². The molecule has 1 aromatic heterocycles. The second-order valence-corrected chi connectivity index (χ2v) is 8.30. The Balaban J connectivity index is 1.46. The summed E-state index contributed by atoms with van der Waals surface area (Å²) in [5, 5.41) is 12.8. The van der Waals surface area contributed by atoms with E-state index in [2.05, 4.69) is 43.5 Å². The van der Waals surface area contributed by atoms with Crippen molar-refractivity contribution in [1.82, 2.24) is 25.1 Å². The van der Waals surface area contributed by atoms with Gasteiger partial charge in [-0.15, -0.1) is 5.10 Å². The van der Waals surface area contributed by atoms with Crippen LogP contribution in [0.25, 0.3) is 0 Å². The topological polar surface area (TPSA) is 59.3 Å². The van der Waals surface area contributed by atoms with Gasteiger partial charge in [0, 0.05) is 31.7 Å². The van der Waals surface area contributed by atoms with Gasteiger partial charge in [-0.2, -0.15) is 0 Å². The van der Waals surface area contributed by atoms with Gasteiger partial charge in [0.2, 0.25) is 0 Å². The molecule has 0 aliphatic carbocycles. The van der Waals surface area contributed by atoms with E-state index in [-0.39, 0.29) is 11.9 Å². The molecule has 0 amide bonds. The number of halogens is 1. The fourth-order valence-electron chi connectivity index (χ4n) is 4.60. The van der Waals surface area contributed by atoms with E-state index < -0.39 is 0 Å². The number of para-hydroxylation sites is 2. The maximum absolute atomic E-state index is 14.4. The predicted octanol–water partition coefficient (Wildman–Crippen LogP) is 3.78. The van der Waals surface area contributed by atoms with Crippen LogP contribution in [0.3, 0.4) is 0 Å². The van der Waals surface area contributed by atoms with E-state index in [9.17, 15) is 4.39 Å². The van der Waals surface area contributed by atoms with Crippen LogP contribution in [0.15, 0.2) is 78.9 Å². The molecule has 3 aromatic carbocycles. The third-order valence-electron chi connectivity index (χ3n) is 6.29. The molecule has 8 heteroatoms. The average molecular weight is 459 g/mol. The first-order valence-corrected chi connectivity index (χ1v) is 11.4. The summed E-state index contributed by atoms with van der Waals surface area (Å²) in [7, 11) is 1.68. The molecule has 1 atom stereocenters. The van der Waals surface area contributed by atoms with E-state index in [0.717, 1.165) is 35.8 Å². The van der Waals surface area contributed by atoms with Gasteiger partial charge < -0.3 is 9.64 Å². The van der Waals surface area contributed by atoms with Crippen LogP contribution in [0, 0.1) is 5.82 Å². The van der Waals surface area contributed by atoms with Crippen molar-refractivity contribution in [2.24, 2.45) is 0 Å². The van der Waals surface area contributed by atoms with Crippen molar-refractivity contribution in [3.8, 4) is 5.75 Å². The summed E-state index contributed by atoms with van der Waals surface area (Å²) in [4.78, 5) is 4.44. The zero-order chi connectivity index (χ0) is 23.3.